The van der Waals surface area contributed by atoms with E-state index in [9.17, 15) is 18.0 Å². The Morgan fingerprint density at radius 3 is 2.58 bits per heavy atom. The molecule has 1 N–H and O–H groups in total. The standard InChI is InChI=1S/C21H20F3N7O2/c1-33-13-2-3-14(16(8-13)31-27-4-5-28-31)20(32)30-11-12-6-15(17(30)7-12)29-19-10-25-18(9-26-19)21(22,23)24/h2-5,8-10,12,15,17H,6-7,11H2,1H3,(H,26,29)/t12-,15?,17?/m0/s1. The van der Waals surface area contributed by atoms with Gasteiger partial charge in [-0.15, -0.1) is 0 Å². The molecule has 1 aromatic carbocycles. The van der Waals surface area contributed by atoms with Crippen LogP contribution in [-0.4, -0.2) is 61.5 Å². The average molecular weight is 459 g/mol. The van der Waals surface area contributed by atoms with E-state index >= 15 is 0 Å². The average Bonchev–Trinajstić information content (AvgIpc) is 3.55. The van der Waals surface area contributed by atoms with Crippen LogP contribution in [0, 0.1) is 5.92 Å². The lowest BCUT2D eigenvalue weighted by Gasteiger charge is -2.34. The van der Waals surface area contributed by atoms with E-state index in [-0.39, 0.29) is 23.8 Å². The summed E-state index contributed by atoms with van der Waals surface area (Å²) in [6, 6.07) is 4.85. The number of carbonyl (C=O) groups is 1. The second kappa shape index (κ2) is 8.01. The first-order valence-electron chi connectivity index (χ1n) is 10.3. The van der Waals surface area contributed by atoms with Gasteiger partial charge in [0, 0.05) is 18.7 Å². The Balaban J connectivity index is 1.37. The number of hydrogen-bond acceptors (Lipinski definition) is 7. The molecule has 3 atom stereocenters. The number of rotatable bonds is 5. The van der Waals surface area contributed by atoms with Gasteiger partial charge in [0.2, 0.25) is 0 Å². The van der Waals surface area contributed by atoms with Crippen molar-refractivity contribution < 1.29 is 22.7 Å². The number of piperidine rings is 1. The number of nitrogens with one attached hydrogen (secondary N) is 1. The summed E-state index contributed by atoms with van der Waals surface area (Å²) in [5.74, 6) is 0.951. The van der Waals surface area contributed by atoms with Crippen LogP contribution >= 0.6 is 0 Å². The first-order chi connectivity index (χ1) is 15.8. The molecule has 2 bridgehead atoms. The Morgan fingerprint density at radius 2 is 1.94 bits per heavy atom. The maximum atomic E-state index is 13.5. The van der Waals surface area contributed by atoms with Crippen molar-refractivity contribution in [3.8, 4) is 11.4 Å². The summed E-state index contributed by atoms with van der Waals surface area (Å²) in [5, 5.41) is 11.5. The van der Waals surface area contributed by atoms with Gasteiger partial charge in [0.1, 0.15) is 17.3 Å². The largest absolute Gasteiger partial charge is 0.497 e. The lowest BCUT2D eigenvalue weighted by Crippen LogP contribution is -2.48. The lowest BCUT2D eigenvalue weighted by molar-refractivity contribution is -0.141. The highest BCUT2D eigenvalue weighted by atomic mass is 19.4. The van der Waals surface area contributed by atoms with Crippen molar-refractivity contribution in [1.29, 1.82) is 0 Å². The van der Waals surface area contributed by atoms with Crippen molar-refractivity contribution in [3.05, 3.63) is 54.2 Å². The molecule has 172 valence electrons. The first-order valence-corrected chi connectivity index (χ1v) is 10.3. The number of halogens is 3. The number of fused-ring (bicyclic) bond motifs is 2. The number of ether oxygens (including phenoxy) is 1. The van der Waals surface area contributed by atoms with Crippen LogP contribution in [0.2, 0.25) is 0 Å². The zero-order valence-electron chi connectivity index (χ0n) is 17.5. The number of nitrogens with zero attached hydrogens (tertiary/aromatic N) is 6. The molecule has 0 radical (unpaired) electrons. The quantitative estimate of drug-likeness (QED) is 0.627. The van der Waals surface area contributed by atoms with Gasteiger partial charge in [0.25, 0.3) is 5.91 Å². The van der Waals surface area contributed by atoms with Crippen LogP contribution in [0.4, 0.5) is 19.0 Å². The molecule has 1 saturated heterocycles. The van der Waals surface area contributed by atoms with Crippen LogP contribution in [-0.2, 0) is 6.18 Å². The van der Waals surface area contributed by atoms with Crippen LogP contribution in [0.15, 0.2) is 43.0 Å². The Hall–Kier alpha value is -3.70. The van der Waals surface area contributed by atoms with E-state index in [0.29, 0.717) is 35.7 Å². The zero-order chi connectivity index (χ0) is 23.2. The fourth-order valence-corrected chi connectivity index (χ4v) is 4.63. The maximum Gasteiger partial charge on any atom is 0.434 e. The smallest absolute Gasteiger partial charge is 0.434 e. The molecule has 2 fully saturated rings. The Bertz CT molecular complexity index is 1150. The molecule has 5 rings (SSSR count). The second-order valence-electron chi connectivity index (χ2n) is 8.10. The van der Waals surface area contributed by atoms with E-state index in [1.807, 2.05) is 0 Å². The topological polar surface area (TPSA) is 98.1 Å². The van der Waals surface area contributed by atoms with Gasteiger partial charge in [-0.3, -0.25) is 4.79 Å². The molecule has 3 aromatic rings. The van der Waals surface area contributed by atoms with Crippen LogP contribution in [0.1, 0.15) is 28.9 Å². The molecule has 0 spiro atoms. The predicted octanol–water partition coefficient (Wildman–Crippen LogP) is 2.80. The van der Waals surface area contributed by atoms with Crippen molar-refractivity contribution in [2.24, 2.45) is 5.92 Å². The fraction of sp³-hybridized carbons (Fsp3) is 0.381. The van der Waals surface area contributed by atoms with Gasteiger partial charge in [-0.2, -0.15) is 28.2 Å². The molecular weight excluding hydrogens is 439 g/mol. The number of carbonyl (C=O) groups excluding carboxylic acids is 1. The number of amides is 1. The van der Waals surface area contributed by atoms with E-state index in [2.05, 4.69) is 25.5 Å². The van der Waals surface area contributed by atoms with Crippen LogP contribution < -0.4 is 10.1 Å². The molecule has 1 saturated carbocycles. The number of likely N-dealkylation sites (tertiary alicyclic amines) is 1. The zero-order valence-corrected chi connectivity index (χ0v) is 17.5. The van der Waals surface area contributed by atoms with Crippen molar-refractivity contribution in [1.82, 2.24) is 29.9 Å². The highest BCUT2D eigenvalue weighted by Gasteiger charge is 2.47. The summed E-state index contributed by atoms with van der Waals surface area (Å²) in [4.78, 5) is 24.0. The minimum atomic E-state index is -4.54. The molecule has 9 nitrogen and oxygen atoms in total. The molecule has 2 aliphatic rings. The summed E-state index contributed by atoms with van der Waals surface area (Å²) < 4.78 is 43.5. The van der Waals surface area contributed by atoms with Gasteiger partial charge < -0.3 is 15.0 Å². The van der Waals surface area contributed by atoms with E-state index in [1.165, 1.54) is 24.3 Å². The number of benzene rings is 1. The van der Waals surface area contributed by atoms with Gasteiger partial charge in [0.15, 0.2) is 5.69 Å². The number of anilines is 1. The summed E-state index contributed by atoms with van der Waals surface area (Å²) in [6.45, 7) is 0.609. The van der Waals surface area contributed by atoms with Crippen LogP contribution in [0.25, 0.3) is 5.69 Å². The Kier molecular flexibility index (Phi) is 5.14. The molecule has 1 aliphatic heterocycles. The Morgan fingerprint density at radius 1 is 1.15 bits per heavy atom. The summed E-state index contributed by atoms with van der Waals surface area (Å²) in [6.07, 6.45) is 1.90. The van der Waals surface area contributed by atoms with Gasteiger partial charge >= 0.3 is 6.18 Å². The third-order valence-electron chi connectivity index (χ3n) is 6.09. The van der Waals surface area contributed by atoms with E-state index < -0.39 is 11.9 Å². The minimum Gasteiger partial charge on any atom is -0.497 e. The minimum absolute atomic E-state index is 0.118. The Labute approximate surface area is 186 Å². The van der Waals surface area contributed by atoms with Crippen LogP contribution in [0.5, 0.6) is 5.75 Å². The van der Waals surface area contributed by atoms with Crippen molar-refractivity contribution in [2.45, 2.75) is 31.1 Å². The maximum absolute atomic E-state index is 13.5. The van der Waals surface area contributed by atoms with E-state index in [0.717, 1.165) is 19.0 Å². The van der Waals surface area contributed by atoms with Crippen molar-refractivity contribution >= 4 is 11.7 Å². The number of hydrogen-bond donors (Lipinski definition) is 1. The summed E-state index contributed by atoms with van der Waals surface area (Å²) in [5.41, 5.74) is -0.102. The summed E-state index contributed by atoms with van der Waals surface area (Å²) in [7, 11) is 1.54. The lowest BCUT2D eigenvalue weighted by atomic mass is 10.0. The fourth-order valence-electron chi connectivity index (χ4n) is 4.63. The molecule has 3 heterocycles. The molecule has 1 amide bonds. The first kappa shape index (κ1) is 21.2. The number of alkyl halides is 3. The van der Waals surface area contributed by atoms with Crippen LogP contribution in [0.3, 0.4) is 0 Å². The molecule has 2 unspecified atom stereocenters. The second-order valence-corrected chi connectivity index (χ2v) is 8.10. The predicted molar refractivity (Wildman–Crippen MR) is 110 cm³/mol. The normalized spacial score (nSPS) is 21.9. The molecular formula is C21H20F3N7O2. The SMILES string of the molecule is COc1ccc(C(=O)N2C[C@H]3CC(Nc4cnc(C(F)(F)F)cn4)C2C3)c(-n2nccn2)c1. The van der Waals surface area contributed by atoms with Gasteiger partial charge in [-0.1, -0.05) is 0 Å². The summed E-state index contributed by atoms with van der Waals surface area (Å²) >= 11 is 0. The highest BCUT2D eigenvalue weighted by Crippen LogP contribution is 2.40. The third-order valence-corrected chi connectivity index (χ3v) is 6.09. The molecule has 2 aromatic heterocycles. The van der Waals surface area contributed by atoms with Crippen molar-refractivity contribution in [3.63, 3.8) is 0 Å². The van der Waals surface area contributed by atoms with E-state index in [1.54, 1.807) is 23.1 Å². The van der Waals surface area contributed by atoms with Gasteiger partial charge in [-0.25, -0.2) is 9.97 Å². The number of methoxy groups -OCH3 is 1. The van der Waals surface area contributed by atoms with E-state index in [4.69, 9.17) is 4.74 Å². The molecule has 12 heteroatoms. The molecule has 1 aliphatic carbocycles. The monoisotopic (exact) mass is 459 g/mol. The molecule has 33 heavy (non-hydrogen) atoms. The van der Waals surface area contributed by atoms with Gasteiger partial charge in [-0.05, 0) is 30.9 Å². The number of aromatic nitrogens is 5. The van der Waals surface area contributed by atoms with Gasteiger partial charge in [0.05, 0.1) is 43.5 Å². The highest BCUT2D eigenvalue weighted by molar-refractivity contribution is 5.98. The third kappa shape index (κ3) is 3.96. The van der Waals surface area contributed by atoms with Crippen molar-refractivity contribution in [2.75, 3.05) is 19.0 Å².